The molecule has 3 heteroatoms. The highest BCUT2D eigenvalue weighted by atomic mass is 19.1. The summed E-state index contributed by atoms with van der Waals surface area (Å²) < 4.78 is 12.9. The summed E-state index contributed by atoms with van der Waals surface area (Å²) in [5, 5.41) is 0. The first-order chi connectivity index (χ1) is 8.76. The average molecular weight is 240 g/mol. The lowest BCUT2D eigenvalue weighted by Crippen LogP contribution is -1.80. The Morgan fingerprint density at radius 1 is 1.11 bits per heavy atom. The summed E-state index contributed by atoms with van der Waals surface area (Å²) in [6, 6.07) is 12.5. The van der Waals surface area contributed by atoms with E-state index in [1.54, 1.807) is 12.1 Å². The van der Waals surface area contributed by atoms with Gasteiger partial charge in [-0.15, -0.1) is 0 Å². The second-order valence-corrected chi connectivity index (χ2v) is 4.30. The van der Waals surface area contributed by atoms with E-state index in [2.05, 4.69) is 29.0 Å². The van der Waals surface area contributed by atoms with Crippen LogP contribution in [0.25, 0.3) is 22.4 Å². The number of hydrogen-bond acceptors (Lipinski definition) is 1. The van der Waals surface area contributed by atoms with E-state index in [-0.39, 0.29) is 5.82 Å². The van der Waals surface area contributed by atoms with Gasteiger partial charge >= 0.3 is 0 Å². The van der Waals surface area contributed by atoms with Crippen molar-refractivity contribution in [1.82, 2.24) is 9.97 Å². The first-order valence-corrected chi connectivity index (χ1v) is 6.01. The van der Waals surface area contributed by atoms with Gasteiger partial charge in [0.25, 0.3) is 0 Å². The Labute approximate surface area is 104 Å². The molecule has 1 N–H and O–H groups in total. The minimum Gasteiger partial charge on any atom is -0.338 e. The van der Waals surface area contributed by atoms with Crippen LogP contribution in [-0.2, 0) is 6.42 Å². The fourth-order valence-corrected chi connectivity index (χ4v) is 2.02. The zero-order chi connectivity index (χ0) is 12.5. The third-order valence-corrected chi connectivity index (χ3v) is 3.07. The van der Waals surface area contributed by atoms with Crippen LogP contribution in [0.3, 0.4) is 0 Å². The maximum atomic E-state index is 12.9. The predicted molar refractivity (Wildman–Crippen MR) is 70.9 cm³/mol. The molecule has 0 atom stereocenters. The van der Waals surface area contributed by atoms with E-state index >= 15 is 0 Å². The monoisotopic (exact) mass is 240 g/mol. The molecule has 2 aromatic carbocycles. The van der Waals surface area contributed by atoms with Crippen LogP contribution in [0.2, 0.25) is 0 Å². The lowest BCUT2D eigenvalue weighted by Gasteiger charge is -1.95. The van der Waals surface area contributed by atoms with E-state index in [0.717, 1.165) is 28.8 Å². The van der Waals surface area contributed by atoms with Crippen LogP contribution < -0.4 is 0 Å². The Balaban J connectivity index is 2.10. The molecule has 18 heavy (non-hydrogen) atoms. The summed E-state index contributed by atoms with van der Waals surface area (Å²) in [5.74, 6) is 0.543. The molecule has 0 fully saturated rings. The number of hydrogen-bond donors (Lipinski definition) is 1. The van der Waals surface area contributed by atoms with Gasteiger partial charge in [0.15, 0.2) is 0 Å². The molecule has 0 unspecified atom stereocenters. The van der Waals surface area contributed by atoms with E-state index in [1.165, 1.54) is 17.7 Å². The second kappa shape index (κ2) is 4.26. The molecule has 0 aliphatic carbocycles. The van der Waals surface area contributed by atoms with Crippen LogP contribution in [0.5, 0.6) is 0 Å². The molecule has 3 aromatic rings. The van der Waals surface area contributed by atoms with E-state index in [4.69, 9.17) is 0 Å². The predicted octanol–water partition coefficient (Wildman–Crippen LogP) is 3.93. The molecule has 0 spiro atoms. The van der Waals surface area contributed by atoms with Crippen LogP contribution in [0.4, 0.5) is 4.39 Å². The molecule has 90 valence electrons. The van der Waals surface area contributed by atoms with Crippen molar-refractivity contribution in [1.29, 1.82) is 0 Å². The number of benzene rings is 2. The highest BCUT2D eigenvalue weighted by molar-refractivity contribution is 5.80. The third-order valence-electron chi connectivity index (χ3n) is 3.07. The molecular weight excluding hydrogens is 227 g/mol. The van der Waals surface area contributed by atoms with Gasteiger partial charge in [-0.25, -0.2) is 9.37 Å². The highest BCUT2D eigenvalue weighted by Crippen LogP contribution is 2.21. The van der Waals surface area contributed by atoms with Crippen molar-refractivity contribution in [2.75, 3.05) is 0 Å². The fraction of sp³-hybridized carbons (Fsp3) is 0.133. The standard InChI is InChI=1S/C15H13FN2/c1-2-10-3-8-13-14(9-10)18-15(17-13)11-4-6-12(16)7-5-11/h3-9H,2H2,1H3,(H,17,18). The number of rotatable bonds is 2. The summed E-state index contributed by atoms with van der Waals surface area (Å²) in [6.45, 7) is 2.12. The van der Waals surface area contributed by atoms with Crippen LogP contribution in [0.1, 0.15) is 12.5 Å². The number of H-pyrrole nitrogens is 1. The first-order valence-electron chi connectivity index (χ1n) is 6.01. The maximum absolute atomic E-state index is 12.9. The zero-order valence-electron chi connectivity index (χ0n) is 10.1. The second-order valence-electron chi connectivity index (χ2n) is 4.30. The number of aromatic nitrogens is 2. The van der Waals surface area contributed by atoms with Crippen LogP contribution >= 0.6 is 0 Å². The van der Waals surface area contributed by atoms with Crippen molar-refractivity contribution in [3.63, 3.8) is 0 Å². The topological polar surface area (TPSA) is 28.7 Å². The molecule has 3 rings (SSSR count). The van der Waals surface area contributed by atoms with E-state index < -0.39 is 0 Å². The molecule has 0 aliphatic heterocycles. The fourth-order valence-electron chi connectivity index (χ4n) is 2.02. The van der Waals surface area contributed by atoms with Gasteiger partial charge < -0.3 is 4.98 Å². The van der Waals surface area contributed by atoms with Gasteiger partial charge in [-0.05, 0) is 48.4 Å². The Kier molecular flexibility index (Phi) is 2.59. The molecule has 0 bridgehead atoms. The number of imidazole rings is 1. The number of fused-ring (bicyclic) bond motifs is 1. The van der Waals surface area contributed by atoms with Crippen LogP contribution in [0.15, 0.2) is 42.5 Å². The Morgan fingerprint density at radius 2 is 1.89 bits per heavy atom. The van der Waals surface area contributed by atoms with Gasteiger partial charge in [0.2, 0.25) is 0 Å². The molecule has 1 aromatic heterocycles. The minimum absolute atomic E-state index is 0.233. The number of nitrogens with one attached hydrogen (secondary N) is 1. The zero-order valence-corrected chi connectivity index (χ0v) is 10.1. The van der Waals surface area contributed by atoms with Gasteiger partial charge in [0.1, 0.15) is 11.6 Å². The van der Waals surface area contributed by atoms with Gasteiger partial charge in [0, 0.05) is 5.56 Å². The maximum Gasteiger partial charge on any atom is 0.138 e. The van der Waals surface area contributed by atoms with Gasteiger partial charge in [-0.3, -0.25) is 0 Å². The number of nitrogens with zero attached hydrogens (tertiary/aromatic N) is 1. The molecule has 0 saturated heterocycles. The van der Waals surface area contributed by atoms with E-state index in [9.17, 15) is 4.39 Å². The molecular formula is C15H13FN2. The van der Waals surface area contributed by atoms with E-state index in [1.807, 2.05) is 6.07 Å². The summed E-state index contributed by atoms with van der Waals surface area (Å²) in [6.07, 6.45) is 1.00. The molecule has 0 radical (unpaired) electrons. The lowest BCUT2D eigenvalue weighted by atomic mass is 10.1. The number of aromatic amines is 1. The molecule has 0 saturated carbocycles. The van der Waals surface area contributed by atoms with Crippen molar-refractivity contribution in [3.8, 4) is 11.4 Å². The third kappa shape index (κ3) is 1.88. The molecule has 1 heterocycles. The summed E-state index contributed by atoms with van der Waals surface area (Å²) in [4.78, 5) is 7.78. The average Bonchev–Trinajstić information content (AvgIpc) is 2.82. The minimum atomic E-state index is -0.233. The van der Waals surface area contributed by atoms with E-state index in [0.29, 0.717) is 0 Å². The van der Waals surface area contributed by atoms with Crippen molar-refractivity contribution >= 4 is 11.0 Å². The van der Waals surface area contributed by atoms with Gasteiger partial charge in [-0.1, -0.05) is 13.0 Å². The van der Waals surface area contributed by atoms with Crippen molar-refractivity contribution in [2.45, 2.75) is 13.3 Å². The Bertz CT molecular complexity index is 683. The number of halogens is 1. The van der Waals surface area contributed by atoms with Crippen LogP contribution in [-0.4, -0.2) is 9.97 Å². The summed E-state index contributed by atoms with van der Waals surface area (Å²) in [5.41, 5.74) is 4.13. The SMILES string of the molecule is CCc1ccc2nc(-c3ccc(F)cc3)[nH]c2c1. The number of aryl methyl sites for hydroxylation is 1. The summed E-state index contributed by atoms with van der Waals surface area (Å²) in [7, 11) is 0. The van der Waals surface area contributed by atoms with Crippen molar-refractivity contribution in [3.05, 3.63) is 53.8 Å². The first kappa shape index (κ1) is 11.0. The largest absolute Gasteiger partial charge is 0.338 e. The van der Waals surface area contributed by atoms with Crippen LogP contribution in [0, 0.1) is 5.82 Å². The van der Waals surface area contributed by atoms with Gasteiger partial charge in [0.05, 0.1) is 11.0 Å². The Hall–Kier alpha value is -2.16. The van der Waals surface area contributed by atoms with Gasteiger partial charge in [-0.2, -0.15) is 0 Å². The molecule has 0 amide bonds. The molecule has 0 aliphatic rings. The molecule has 2 nitrogen and oxygen atoms in total. The Morgan fingerprint density at radius 3 is 2.61 bits per heavy atom. The summed E-state index contributed by atoms with van der Waals surface area (Å²) >= 11 is 0. The van der Waals surface area contributed by atoms with Crippen molar-refractivity contribution < 1.29 is 4.39 Å². The van der Waals surface area contributed by atoms with Crippen molar-refractivity contribution in [2.24, 2.45) is 0 Å². The quantitative estimate of drug-likeness (QED) is 0.722. The highest BCUT2D eigenvalue weighted by Gasteiger charge is 2.05. The lowest BCUT2D eigenvalue weighted by molar-refractivity contribution is 0.628. The normalized spacial score (nSPS) is 11.0. The smallest absolute Gasteiger partial charge is 0.138 e.